The molecule has 1 fully saturated rings. The molecule has 0 spiro atoms. The molecule has 0 bridgehead atoms. The molecule has 0 atom stereocenters. The summed E-state index contributed by atoms with van der Waals surface area (Å²) in [4.78, 5) is 2.33. The zero-order valence-electron chi connectivity index (χ0n) is 15.4. The van der Waals surface area contributed by atoms with E-state index in [2.05, 4.69) is 77.2 Å². The molecule has 1 N–H and O–H groups in total. The maximum Gasteiger partial charge on any atom is 0.0350 e. The predicted octanol–water partition coefficient (Wildman–Crippen LogP) is 5.03. The first-order chi connectivity index (χ1) is 10.1. The summed E-state index contributed by atoms with van der Waals surface area (Å²) in [6.45, 7) is 20.4. The van der Waals surface area contributed by atoms with Crippen molar-refractivity contribution >= 4 is 0 Å². The number of allylic oxidation sites excluding steroid dienone is 3. The van der Waals surface area contributed by atoms with Crippen LogP contribution in [0.5, 0.6) is 0 Å². The fraction of sp³-hybridized carbons (Fsp3) is 0.600. The molecule has 1 saturated carbocycles. The SMILES string of the molecule is C=C(/C=C\C(=C(C)C)N(C)CCC(C)(C)C)C(=C)NC1CC1. The molecule has 0 aromatic carbocycles. The Kier molecular flexibility index (Phi) is 6.52. The highest BCUT2D eigenvalue weighted by Gasteiger charge is 2.21. The third-order valence-corrected chi connectivity index (χ3v) is 3.91. The van der Waals surface area contributed by atoms with E-state index in [1.165, 1.54) is 30.5 Å². The van der Waals surface area contributed by atoms with Gasteiger partial charge in [0.05, 0.1) is 0 Å². The van der Waals surface area contributed by atoms with Crippen LogP contribution < -0.4 is 5.32 Å². The molecule has 0 amide bonds. The second-order valence-electron chi connectivity index (χ2n) is 7.87. The summed E-state index contributed by atoms with van der Waals surface area (Å²) in [5, 5.41) is 3.41. The first-order valence-corrected chi connectivity index (χ1v) is 8.31. The van der Waals surface area contributed by atoms with Gasteiger partial charge in [-0.15, -0.1) is 0 Å². The lowest BCUT2D eigenvalue weighted by molar-refractivity contribution is 0.305. The average molecular weight is 303 g/mol. The normalized spacial score (nSPS) is 14.8. The van der Waals surface area contributed by atoms with Gasteiger partial charge < -0.3 is 10.2 Å². The molecule has 0 radical (unpaired) electrons. The Morgan fingerprint density at radius 2 is 1.77 bits per heavy atom. The van der Waals surface area contributed by atoms with Crippen LogP contribution in [0.15, 0.2) is 47.9 Å². The first kappa shape index (κ1) is 18.6. The van der Waals surface area contributed by atoms with Crippen LogP contribution in [0.25, 0.3) is 0 Å². The van der Waals surface area contributed by atoms with E-state index in [-0.39, 0.29) is 0 Å². The smallest absolute Gasteiger partial charge is 0.0350 e. The van der Waals surface area contributed by atoms with Crippen molar-refractivity contribution in [3.8, 4) is 0 Å². The number of rotatable bonds is 8. The van der Waals surface area contributed by atoms with Gasteiger partial charge in [0.15, 0.2) is 0 Å². The van der Waals surface area contributed by atoms with Crippen LogP contribution in [0.1, 0.15) is 53.9 Å². The fourth-order valence-electron chi connectivity index (χ4n) is 2.15. The summed E-state index contributed by atoms with van der Waals surface area (Å²) in [5.41, 5.74) is 4.86. The maximum absolute atomic E-state index is 4.12. The van der Waals surface area contributed by atoms with Crippen molar-refractivity contribution in [2.75, 3.05) is 13.6 Å². The van der Waals surface area contributed by atoms with Crippen molar-refractivity contribution in [1.29, 1.82) is 0 Å². The zero-order chi connectivity index (χ0) is 16.9. The highest BCUT2D eigenvalue weighted by molar-refractivity contribution is 5.38. The van der Waals surface area contributed by atoms with E-state index in [0.29, 0.717) is 11.5 Å². The monoisotopic (exact) mass is 302 g/mol. The second-order valence-corrected chi connectivity index (χ2v) is 7.87. The topological polar surface area (TPSA) is 15.3 Å². The van der Waals surface area contributed by atoms with Gasteiger partial charge in [-0.1, -0.05) is 45.6 Å². The molecule has 1 aliphatic carbocycles. The van der Waals surface area contributed by atoms with Gasteiger partial charge in [-0.25, -0.2) is 0 Å². The Morgan fingerprint density at radius 1 is 1.18 bits per heavy atom. The van der Waals surface area contributed by atoms with Crippen LogP contribution in [0.2, 0.25) is 0 Å². The molecule has 0 aromatic rings. The molecule has 0 aromatic heterocycles. The van der Waals surface area contributed by atoms with Crippen LogP contribution in [0.4, 0.5) is 0 Å². The Bertz CT molecular complexity index is 466. The Morgan fingerprint density at radius 3 is 2.23 bits per heavy atom. The van der Waals surface area contributed by atoms with Gasteiger partial charge in [-0.05, 0) is 50.2 Å². The van der Waals surface area contributed by atoms with Crippen molar-refractivity contribution in [3.63, 3.8) is 0 Å². The molecular formula is C20H34N2. The summed E-state index contributed by atoms with van der Waals surface area (Å²) >= 11 is 0. The summed E-state index contributed by atoms with van der Waals surface area (Å²) < 4.78 is 0. The first-order valence-electron chi connectivity index (χ1n) is 8.31. The van der Waals surface area contributed by atoms with Crippen LogP contribution in [0, 0.1) is 5.41 Å². The fourth-order valence-corrected chi connectivity index (χ4v) is 2.15. The van der Waals surface area contributed by atoms with E-state index in [9.17, 15) is 0 Å². The summed E-state index contributed by atoms with van der Waals surface area (Å²) in [5.74, 6) is 0. The molecule has 1 rings (SSSR count). The Labute approximate surface area is 137 Å². The van der Waals surface area contributed by atoms with Crippen LogP contribution in [-0.2, 0) is 0 Å². The Balaban J connectivity index is 2.63. The molecule has 2 nitrogen and oxygen atoms in total. The van der Waals surface area contributed by atoms with Crippen molar-refractivity contribution in [1.82, 2.24) is 10.2 Å². The zero-order valence-corrected chi connectivity index (χ0v) is 15.4. The highest BCUT2D eigenvalue weighted by atomic mass is 15.1. The third-order valence-electron chi connectivity index (χ3n) is 3.91. The standard InChI is InChI=1S/C20H34N2/c1-15(2)19(22(8)14-13-20(5,6)7)12-9-16(3)17(4)21-18-10-11-18/h9,12,18,21H,3-4,10-11,13-14H2,1-2,5-8H3/b12-9-. The van der Waals surface area contributed by atoms with Crippen molar-refractivity contribution in [2.24, 2.45) is 5.41 Å². The molecule has 0 aliphatic heterocycles. The van der Waals surface area contributed by atoms with Crippen LogP contribution in [-0.4, -0.2) is 24.5 Å². The molecule has 0 unspecified atom stereocenters. The van der Waals surface area contributed by atoms with E-state index < -0.39 is 0 Å². The molecular weight excluding hydrogens is 268 g/mol. The van der Waals surface area contributed by atoms with Gasteiger partial charge in [-0.3, -0.25) is 0 Å². The van der Waals surface area contributed by atoms with E-state index in [1.54, 1.807) is 0 Å². The quantitative estimate of drug-likeness (QED) is 0.633. The van der Waals surface area contributed by atoms with Gasteiger partial charge in [0.2, 0.25) is 0 Å². The highest BCUT2D eigenvalue weighted by Crippen LogP contribution is 2.23. The minimum atomic E-state index is 0.358. The van der Waals surface area contributed by atoms with Gasteiger partial charge in [0, 0.05) is 31.0 Å². The Hall–Kier alpha value is -1.44. The van der Waals surface area contributed by atoms with Crippen LogP contribution >= 0.6 is 0 Å². The molecule has 124 valence electrons. The van der Waals surface area contributed by atoms with E-state index in [0.717, 1.165) is 17.8 Å². The van der Waals surface area contributed by atoms with E-state index in [1.807, 2.05) is 0 Å². The lowest BCUT2D eigenvalue weighted by atomic mass is 9.92. The lowest BCUT2D eigenvalue weighted by Gasteiger charge is -2.27. The lowest BCUT2D eigenvalue weighted by Crippen LogP contribution is -2.23. The number of likely N-dealkylation sites (N-methyl/N-ethyl adjacent to an activating group) is 1. The molecule has 22 heavy (non-hydrogen) atoms. The maximum atomic E-state index is 4.12. The van der Waals surface area contributed by atoms with Gasteiger partial charge in [-0.2, -0.15) is 0 Å². The number of nitrogens with zero attached hydrogens (tertiary/aromatic N) is 1. The largest absolute Gasteiger partial charge is 0.382 e. The average Bonchev–Trinajstić information content (AvgIpc) is 3.18. The third kappa shape index (κ3) is 7.02. The number of hydrogen-bond acceptors (Lipinski definition) is 2. The van der Waals surface area contributed by atoms with Crippen molar-refractivity contribution in [2.45, 2.75) is 59.9 Å². The van der Waals surface area contributed by atoms with Crippen molar-refractivity contribution < 1.29 is 0 Å². The minimum absolute atomic E-state index is 0.358. The van der Waals surface area contributed by atoms with Gasteiger partial charge >= 0.3 is 0 Å². The molecule has 2 heteroatoms. The summed E-state index contributed by atoms with van der Waals surface area (Å²) in [6, 6.07) is 0.620. The minimum Gasteiger partial charge on any atom is -0.382 e. The molecule has 0 saturated heterocycles. The molecule has 1 aliphatic rings. The van der Waals surface area contributed by atoms with Gasteiger partial charge in [0.25, 0.3) is 0 Å². The molecule has 0 heterocycles. The summed E-state index contributed by atoms with van der Waals surface area (Å²) in [6.07, 6.45) is 7.92. The number of nitrogens with one attached hydrogen (secondary N) is 1. The van der Waals surface area contributed by atoms with E-state index in [4.69, 9.17) is 0 Å². The second kappa shape index (κ2) is 7.71. The van der Waals surface area contributed by atoms with Crippen molar-refractivity contribution in [3.05, 3.63) is 47.9 Å². The predicted molar refractivity (Wildman–Crippen MR) is 98.7 cm³/mol. The van der Waals surface area contributed by atoms with E-state index >= 15 is 0 Å². The number of hydrogen-bond donors (Lipinski definition) is 1. The summed E-state index contributed by atoms with van der Waals surface area (Å²) in [7, 11) is 2.17. The van der Waals surface area contributed by atoms with Gasteiger partial charge in [0.1, 0.15) is 0 Å². The van der Waals surface area contributed by atoms with Crippen LogP contribution in [0.3, 0.4) is 0 Å².